The molecule has 3 aromatic rings. The molecule has 1 aromatic carbocycles. The van der Waals surface area contributed by atoms with Crippen molar-refractivity contribution in [2.24, 2.45) is 0 Å². The number of benzene rings is 1. The van der Waals surface area contributed by atoms with E-state index in [-0.39, 0.29) is 5.69 Å². The third-order valence-electron chi connectivity index (χ3n) is 2.65. The van der Waals surface area contributed by atoms with Crippen molar-refractivity contribution >= 4 is 22.6 Å². The van der Waals surface area contributed by atoms with Gasteiger partial charge in [-0.1, -0.05) is 18.2 Å². The quantitative estimate of drug-likeness (QED) is 0.691. The molecule has 0 radical (unpaired) electrons. The average molecular weight is 256 g/mol. The zero-order valence-electron chi connectivity index (χ0n) is 9.72. The largest absolute Gasteiger partial charge is 0.303 e. The van der Waals surface area contributed by atoms with E-state index in [0.717, 1.165) is 10.9 Å². The minimum Gasteiger partial charge on any atom is -0.303 e. The molecule has 3 rings (SSSR count). The molecule has 0 saturated carbocycles. The van der Waals surface area contributed by atoms with Gasteiger partial charge in [-0.3, -0.25) is 9.89 Å². The summed E-state index contributed by atoms with van der Waals surface area (Å²) in [5.74, 6) is -0.803. The summed E-state index contributed by atoms with van der Waals surface area (Å²) < 4.78 is 12.9. The highest BCUT2D eigenvalue weighted by Gasteiger charge is 2.12. The van der Waals surface area contributed by atoms with Crippen molar-refractivity contribution < 1.29 is 9.18 Å². The minimum atomic E-state index is -0.695. The van der Waals surface area contributed by atoms with E-state index in [1.165, 1.54) is 18.2 Å². The molecule has 2 N–H and O–H groups in total. The number of carbonyl (C=O) groups is 1. The van der Waals surface area contributed by atoms with Crippen LogP contribution in [0.25, 0.3) is 10.9 Å². The number of hydrogen-bond donors (Lipinski definition) is 2. The molecular weight excluding hydrogens is 247 g/mol. The standard InChI is InChI=1S/C13H9FN4O/c14-11-7-3-6-10(15-11)13(19)16-12-8-4-1-2-5-9(8)17-18-12/h1-7H,(H2,16,17,18,19). The van der Waals surface area contributed by atoms with Gasteiger partial charge in [0.2, 0.25) is 5.95 Å². The maximum atomic E-state index is 12.9. The van der Waals surface area contributed by atoms with Crippen molar-refractivity contribution in [1.29, 1.82) is 0 Å². The number of para-hydroxylation sites is 1. The fraction of sp³-hybridized carbons (Fsp3) is 0. The molecule has 94 valence electrons. The molecule has 2 aromatic heterocycles. The first-order valence-corrected chi connectivity index (χ1v) is 5.61. The van der Waals surface area contributed by atoms with Gasteiger partial charge in [-0.15, -0.1) is 0 Å². The highest BCUT2D eigenvalue weighted by molar-refractivity contribution is 6.06. The van der Waals surface area contributed by atoms with Gasteiger partial charge in [0, 0.05) is 5.39 Å². The first-order valence-electron chi connectivity index (χ1n) is 5.61. The summed E-state index contributed by atoms with van der Waals surface area (Å²) in [6.45, 7) is 0. The zero-order valence-corrected chi connectivity index (χ0v) is 9.72. The molecule has 19 heavy (non-hydrogen) atoms. The van der Waals surface area contributed by atoms with Gasteiger partial charge in [-0.05, 0) is 24.3 Å². The van der Waals surface area contributed by atoms with E-state index in [0.29, 0.717) is 5.82 Å². The van der Waals surface area contributed by atoms with E-state index in [4.69, 9.17) is 0 Å². The van der Waals surface area contributed by atoms with Crippen molar-refractivity contribution in [3.63, 3.8) is 0 Å². The number of nitrogens with zero attached hydrogens (tertiary/aromatic N) is 2. The number of aromatic amines is 1. The highest BCUT2D eigenvalue weighted by Crippen LogP contribution is 2.19. The third-order valence-corrected chi connectivity index (χ3v) is 2.65. The molecule has 0 atom stereocenters. The number of rotatable bonds is 2. The lowest BCUT2D eigenvalue weighted by atomic mass is 10.2. The van der Waals surface area contributed by atoms with E-state index in [1.807, 2.05) is 24.3 Å². The monoisotopic (exact) mass is 256 g/mol. The van der Waals surface area contributed by atoms with Gasteiger partial charge in [0.05, 0.1) is 5.52 Å². The lowest BCUT2D eigenvalue weighted by Gasteiger charge is -2.01. The summed E-state index contributed by atoms with van der Waals surface area (Å²) in [5.41, 5.74) is 0.817. The first-order chi connectivity index (χ1) is 9.24. The first kappa shape index (κ1) is 11.3. The van der Waals surface area contributed by atoms with Gasteiger partial charge in [-0.25, -0.2) is 4.98 Å². The Morgan fingerprint density at radius 3 is 2.84 bits per heavy atom. The molecule has 0 aliphatic carbocycles. The fourth-order valence-corrected chi connectivity index (χ4v) is 1.77. The van der Waals surface area contributed by atoms with Crippen LogP contribution in [0.2, 0.25) is 0 Å². The summed E-state index contributed by atoms with van der Waals surface area (Å²) >= 11 is 0. The van der Waals surface area contributed by atoms with Gasteiger partial charge in [-0.2, -0.15) is 9.49 Å². The van der Waals surface area contributed by atoms with Crippen LogP contribution in [0.15, 0.2) is 42.5 Å². The van der Waals surface area contributed by atoms with Crippen LogP contribution < -0.4 is 5.32 Å². The Morgan fingerprint density at radius 2 is 2.00 bits per heavy atom. The molecule has 0 aliphatic heterocycles. The number of H-pyrrole nitrogens is 1. The second kappa shape index (κ2) is 4.49. The van der Waals surface area contributed by atoms with E-state index in [1.54, 1.807) is 0 Å². The Hall–Kier alpha value is -2.76. The van der Waals surface area contributed by atoms with Crippen LogP contribution >= 0.6 is 0 Å². The van der Waals surface area contributed by atoms with Crippen LogP contribution in [0.3, 0.4) is 0 Å². The van der Waals surface area contributed by atoms with Crippen LogP contribution in [0, 0.1) is 5.95 Å². The molecule has 0 fully saturated rings. The summed E-state index contributed by atoms with van der Waals surface area (Å²) in [7, 11) is 0. The summed E-state index contributed by atoms with van der Waals surface area (Å²) in [6.07, 6.45) is 0. The van der Waals surface area contributed by atoms with Crippen LogP contribution in [-0.4, -0.2) is 21.1 Å². The van der Waals surface area contributed by atoms with E-state index in [9.17, 15) is 9.18 Å². The molecule has 0 aliphatic rings. The fourth-order valence-electron chi connectivity index (χ4n) is 1.77. The average Bonchev–Trinajstić information content (AvgIpc) is 2.82. The van der Waals surface area contributed by atoms with Crippen molar-refractivity contribution in [3.8, 4) is 0 Å². The third kappa shape index (κ3) is 2.15. The predicted octanol–water partition coefficient (Wildman–Crippen LogP) is 2.35. The summed E-state index contributed by atoms with van der Waals surface area (Å²) in [5, 5.41) is 10.2. The van der Waals surface area contributed by atoms with Crippen LogP contribution in [0.5, 0.6) is 0 Å². The maximum Gasteiger partial charge on any atom is 0.275 e. The van der Waals surface area contributed by atoms with E-state index < -0.39 is 11.9 Å². The number of carbonyl (C=O) groups excluding carboxylic acids is 1. The number of pyridine rings is 1. The Kier molecular flexibility index (Phi) is 2.68. The summed E-state index contributed by atoms with van der Waals surface area (Å²) in [6, 6.07) is 11.4. The second-order valence-corrected chi connectivity index (χ2v) is 3.92. The minimum absolute atomic E-state index is 0.00656. The van der Waals surface area contributed by atoms with Gasteiger partial charge >= 0.3 is 0 Å². The number of aromatic nitrogens is 3. The topological polar surface area (TPSA) is 70.7 Å². The molecule has 0 spiro atoms. The molecule has 0 unspecified atom stereocenters. The lowest BCUT2D eigenvalue weighted by molar-refractivity contribution is 0.102. The zero-order chi connectivity index (χ0) is 13.2. The lowest BCUT2D eigenvalue weighted by Crippen LogP contribution is -2.14. The van der Waals surface area contributed by atoms with Crippen molar-refractivity contribution in [2.75, 3.05) is 5.32 Å². The van der Waals surface area contributed by atoms with Crippen LogP contribution in [0.1, 0.15) is 10.5 Å². The second-order valence-electron chi connectivity index (χ2n) is 3.92. The molecule has 1 amide bonds. The predicted molar refractivity (Wildman–Crippen MR) is 68.2 cm³/mol. The van der Waals surface area contributed by atoms with Gasteiger partial charge < -0.3 is 5.32 Å². The van der Waals surface area contributed by atoms with Crippen molar-refractivity contribution in [2.45, 2.75) is 0 Å². The number of halogens is 1. The van der Waals surface area contributed by atoms with Gasteiger partial charge in [0.15, 0.2) is 5.82 Å². The molecule has 6 heteroatoms. The SMILES string of the molecule is O=C(Nc1n[nH]c2ccccc12)c1cccc(F)n1. The molecule has 2 heterocycles. The highest BCUT2D eigenvalue weighted by atomic mass is 19.1. The molecular formula is C13H9FN4O. The molecule has 0 saturated heterocycles. The number of hydrogen-bond acceptors (Lipinski definition) is 3. The summed E-state index contributed by atoms with van der Waals surface area (Å²) in [4.78, 5) is 15.4. The smallest absolute Gasteiger partial charge is 0.275 e. The number of nitrogens with one attached hydrogen (secondary N) is 2. The van der Waals surface area contributed by atoms with Crippen molar-refractivity contribution in [3.05, 3.63) is 54.1 Å². The number of amides is 1. The van der Waals surface area contributed by atoms with Crippen LogP contribution in [0.4, 0.5) is 10.2 Å². The number of anilines is 1. The maximum absolute atomic E-state index is 12.9. The van der Waals surface area contributed by atoms with Crippen LogP contribution in [-0.2, 0) is 0 Å². The van der Waals surface area contributed by atoms with E-state index >= 15 is 0 Å². The van der Waals surface area contributed by atoms with Gasteiger partial charge in [0.1, 0.15) is 5.69 Å². The number of fused-ring (bicyclic) bond motifs is 1. The Bertz CT molecular complexity index is 753. The van der Waals surface area contributed by atoms with Crippen molar-refractivity contribution in [1.82, 2.24) is 15.2 Å². The normalized spacial score (nSPS) is 10.6. The Balaban J connectivity index is 1.91. The Labute approximate surface area is 107 Å². The Morgan fingerprint density at radius 1 is 1.16 bits per heavy atom. The van der Waals surface area contributed by atoms with E-state index in [2.05, 4.69) is 20.5 Å². The molecule has 5 nitrogen and oxygen atoms in total. The van der Waals surface area contributed by atoms with Gasteiger partial charge in [0.25, 0.3) is 5.91 Å². The molecule has 0 bridgehead atoms.